The quantitative estimate of drug-likeness (QED) is 0.553. The van der Waals surface area contributed by atoms with E-state index in [9.17, 15) is 9.59 Å². The van der Waals surface area contributed by atoms with Crippen LogP contribution >= 0.6 is 27.5 Å². The summed E-state index contributed by atoms with van der Waals surface area (Å²) in [5.74, 6) is -0.792. The van der Waals surface area contributed by atoms with E-state index in [0.717, 1.165) is 5.56 Å². The van der Waals surface area contributed by atoms with Crippen LogP contribution in [0.4, 0.5) is 0 Å². The lowest BCUT2D eigenvalue weighted by Gasteiger charge is -2.04. The molecule has 0 spiro atoms. The second-order valence-electron chi connectivity index (χ2n) is 4.92. The van der Waals surface area contributed by atoms with Gasteiger partial charge in [-0.05, 0) is 51.8 Å². The summed E-state index contributed by atoms with van der Waals surface area (Å²) in [4.78, 5) is 23.5. The third-order valence-corrected chi connectivity index (χ3v) is 3.68. The molecule has 128 valence electrons. The second-order valence-corrected chi connectivity index (χ2v) is 6.27. The lowest BCUT2D eigenvalue weighted by atomic mass is 10.2. The number of nitrogens with one attached hydrogen (secondary N) is 2. The van der Waals surface area contributed by atoms with Gasteiger partial charge in [-0.3, -0.25) is 9.59 Å². The van der Waals surface area contributed by atoms with Gasteiger partial charge in [0.25, 0.3) is 11.8 Å². The maximum Gasteiger partial charge on any atom is 0.259 e. The van der Waals surface area contributed by atoms with E-state index in [2.05, 4.69) is 31.8 Å². The molecule has 25 heavy (non-hydrogen) atoms. The number of halogens is 2. The Bertz CT molecular complexity index is 790. The summed E-state index contributed by atoms with van der Waals surface area (Å²) in [6, 6.07) is 16.0. The van der Waals surface area contributed by atoms with Gasteiger partial charge in [-0.15, -0.1) is 0 Å². The van der Waals surface area contributed by atoms with Crippen molar-refractivity contribution in [3.63, 3.8) is 0 Å². The van der Waals surface area contributed by atoms with E-state index in [4.69, 9.17) is 11.6 Å². The fourth-order valence-electron chi connectivity index (χ4n) is 1.82. The maximum atomic E-state index is 11.9. The monoisotopic (exact) mass is 419 g/mol. The van der Waals surface area contributed by atoms with Crippen LogP contribution in [-0.4, -0.2) is 24.6 Å². The zero-order valence-electron chi connectivity index (χ0n) is 13.1. The van der Waals surface area contributed by atoms with Crippen LogP contribution < -0.4 is 10.7 Å². The summed E-state index contributed by atoms with van der Waals surface area (Å²) in [5.41, 5.74) is 3.77. The van der Waals surface area contributed by atoms with Gasteiger partial charge in [0.1, 0.15) is 0 Å². The topological polar surface area (TPSA) is 70.6 Å². The summed E-state index contributed by atoms with van der Waals surface area (Å²) >= 11 is 9.10. The molecule has 2 rings (SSSR count). The van der Waals surface area contributed by atoms with Crippen LogP contribution in [-0.2, 0) is 4.79 Å². The molecule has 0 aliphatic carbocycles. The van der Waals surface area contributed by atoms with Crippen LogP contribution in [0.25, 0.3) is 6.08 Å². The third-order valence-electron chi connectivity index (χ3n) is 3.00. The Morgan fingerprint density at radius 3 is 2.44 bits per heavy atom. The van der Waals surface area contributed by atoms with Crippen molar-refractivity contribution in [1.82, 2.24) is 10.7 Å². The maximum absolute atomic E-state index is 11.9. The summed E-state index contributed by atoms with van der Waals surface area (Å²) in [6.45, 7) is -0.182. The van der Waals surface area contributed by atoms with Gasteiger partial charge < -0.3 is 5.32 Å². The SMILES string of the molecule is O=C(CNC(=O)c1ccc(Cl)cc1)N/N=C\C(Br)=C\c1ccccc1. The lowest BCUT2D eigenvalue weighted by molar-refractivity contribution is -0.120. The Hall–Kier alpha value is -2.44. The number of hydrogen-bond acceptors (Lipinski definition) is 3. The molecule has 0 saturated heterocycles. The number of benzene rings is 2. The summed E-state index contributed by atoms with van der Waals surface area (Å²) in [7, 11) is 0. The van der Waals surface area contributed by atoms with Crippen molar-refractivity contribution >= 4 is 51.6 Å². The minimum atomic E-state index is -0.432. The number of hydrazone groups is 1. The van der Waals surface area contributed by atoms with E-state index in [0.29, 0.717) is 15.1 Å². The van der Waals surface area contributed by atoms with Crippen LogP contribution in [0.3, 0.4) is 0 Å². The van der Waals surface area contributed by atoms with Crippen molar-refractivity contribution in [3.05, 3.63) is 75.2 Å². The van der Waals surface area contributed by atoms with Crippen molar-refractivity contribution in [1.29, 1.82) is 0 Å². The Balaban J connectivity index is 1.77. The zero-order valence-corrected chi connectivity index (χ0v) is 15.4. The highest BCUT2D eigenvalue weighted by Crippen LogP contribution is 2.10. The molecule has 0 aromatic heterocycles. The van der Waals surface area contributed by atoms with Gasteiger partial charge in [0.2, 0.25) is 0 Å². The number of carbonyl (C=O) groups excluding carboxylic acids is 2. The highest BCUT2D eigenvalue weighted by atomic mass is 79.9. The molecule has 0 aliphatic rings. The predicted octanol–water partition coefficient (Wildman–Crippen LogP) is 3.61. The molecule has 7 heteroatoms. The lowest BCUT2D eigenvalue weighted by Crippen LogP contribution is -2.34. The second kappa shape index (κ2) is 9.76. The van der Waals surface area contributed by atoms with Crippen LogP contribution in [0, 0.1) is 0 Å². The van der Waals surface area contributed by atoms with Crippen molar-refractivity contribution < 1.29 is 9.59 Å². The Morgan fingerprint density at radius 1 is 1.08 bits per heavy atom. The first-order valence-corrected chi connectivity index (χ1v) is 8.49. The first kappa shape index (κ1) is 18.9. The molecule has 0 aliphatic heterocycles. The first-order chi connectivity index (χ1) is 12.0. The molecule has 2 amide bonds. The van der Waals surface area contributed by atoms with Gasteiger partial charge in [0, 0.05) is 15.1 Å². The van der Waals surface area contributed by atoms with Gasteiger partial charge >= 0.3 is 0 Å². The van der Waals surface area contributed by atoms with E-state index in [1.165, 1.54) is 6.21 Å². The van der Waals surface area contributed by atoms with E-state index in [-0.39, 0.29) is 12.5 Å². The van der Waals surface area contributed by atoms with E-state index in [1.54, 1.807) is 24.3 Å². The van der Waals surface area contributed by atoms with Crippen molar-refractivity contribution in [2.45, 2.75) is 0 Å². The zero-order chi connectivity index (χ0) is 18.1. The molecule has 0 atom stereocenters. The van der Waals surface area contributed by atoms with E-state index < -0.39 is 5.91 Å². The molecule has 0 radical (unpaired) electrons. The highest BCUT2D eigenvalue weighted by Gasteiger charge is 2.07. The smallest absolute Gasteiger partial charge is 0.259 e. The summed E-state index contributed by atoms with van der Waals surface area (Å²) < 4.78 is 0.698. The van der Waals surface area contributed by atoms with Crippen LogP contribution in [0.5, 0.6) is 0 Å². The third kappa shape index (κ3) is 6.91. The van der Waals surface area contributed by atoms with Crippen LogP contribution in [0.1, 0.15) is 15.9 Å². The number of nitrogens with zero attached hydrogens (tertiary/aromatic N) is 1. The fourth-order valence-corrected chi connectivity index (χ4v) is 2.31. The number of allylic oxidation sites excluding steroid dienone is 1. The fraction of sp³-hybridized carbons (Fsp3) is 0.0556. The number of hydrogen-bond donors (Lipinski definition) is 2. The Kier molecular flexibility index (Phi) is 7.37. The van der Waals surface area contributed by atoms with Crippen molar-refractivity contribution in [2.24, 2.45) is 5.10 Å². The summed E-state index contributed by atoms with van der Waals surface area (Å²) in [5, 5.41) is 6.86. The van der Waals surface area contributed by atoms with Crippen molar-refractivity contribution in [2.75, 3.05) is 6.54 Å². The molecular weight excluding hydrogens is 406 g/mol. The molecule has 2 aromatic carbocycles. The average molecular weight is 421 g/mol. The molecule has 5 nitrogen and oxygen atoms in total. The largest absolute Gasteiger partial charge is 0.343 e. The van der Waals surface area contributed by atoms with Gasteiger partial charge in [0.15, 0.2) is 0 Å². The Labute approximate surface area is 158 Å². The van der Waals surface area contributed by atoms with Gasteiger partial charge in [-0.2, -0.15) is 5.10 Å². The summed E-state index contributed by atoms with van der Waals surface area (Å²) in [6.07, 6.45) is 3.32. The molecule has 0 heterocycles. The first-order valence-electron chi connectivity index (χ1n) is 7.32. The molecule has 2 aromatic rings. The molecule has 0 bridgehead atoms. The highest BCUT2D eigenvalue weighted by molar-refractivity contribution is 9.12. The van der Waals surface area contributed by atoms with E-state index in [1.807, 2.05) is 36.4 Å². The normalized spacial score (nSPS) is 11.4. The minimum absolute atomic E-state index is 0.182. The van der Waals surface area contributed by atoms with Gasteiger partial charge in [-0.1, -0.05) is 41.9 Å². The minimum Gasteiger partial charge on any atom is -0.343 e. The van der Waals surface area contributed by atoms with E-state index >= 15 is 0 Å². The van der Waals surface area contributed by atoms with Crippen LogP contribution in [0.15, 0.2) is 64.2 Å². The Morgan fingerprint density at radius 2 is 1.76 bits per heavy atom. The van der Waals surface area contributed by atoms with Crippen LogP contribution in [0.2, 0.25) is 5.02 Å². The molecule has 2 N–H and O–H groups in total. The standard InChI is InChI=1S/C18H15BrClN3O2/c19-15(10-13-4-2-1-3-5-13)11-22-23-17(24)12-21-18(25)14-6-8-16(20)9-7-14/h1-11H,12H2,(H,21,25)(H,23,24)/b15-10-,22-11-. The predicted molar refractivity (Wildman–Crippen MR) is 104 cm³/mol. The molecule has 0 fully saturated rings. The van der Waals surface area contributed by atoms with Gasteiger partial charge in [-0.25, -0.2) is 5.43 Å². The van der Waals surface area contributed by atoms with Crippen molar-refractivity contribution in [3.8, 4) is 0 Å². The molecular formula is C18H15BrClN3O2. The number of carbonyl (C=O) groups is 2. The average Bonchev–Trinajstić information content (AvgIpc) is 2.61. The molecule has 0 saturated carbocycles. The molecule has 0 unspecified atom stereocenters. The van der Waals surface area contributed by atoms with Gasteiger partial charge in [0.05, 0.1) is 12.8 Å². The number of rotatable bonds is 6. The number of amides is 2.